The number of piperazine rings is 1. The van der Waals surface area contributed by atoms with Gasteiger partial charge < -0.3 is 20.3 Å². The van der Waals surface area contributed by atoms with Crippen molar-refractivity contribution in [3.8, 4) is 0 Å². The lowest BCUT2D eigenvalue weighted by Gasteiger charge is -2.39. The van der Waals surface area contributed by atoms with E-state index in [9.17, 15) is 9.59 Å². The number of primary amides is 1. The van der Waals surface area contributed by atoms with Crippen molar-refractivity contribution in [1.29, 1.82) is 0 Å². The molecule has 0 aromatic carbocycles. The zero-order valence-corrected chi connectivity index (χ0v) is 12.2. The van der Waals surface area contributed by atoms with Gasteiger partial charge in [-0.2, -0.15) is 0 Å². The third-order valence-corrected chi connectivity index (χ3v) is 4.08. The molecule has 2 aliphatic rings. The maximum absolute atomic E-state index is 12.3. The smallest absolute Gasteiger partial charge is 0.237 e. The number of amides is 2. The van der Waals surface area contributed by atoms with Crippen LogP contribution < -0.4 is 5.73 Å². The average molecular weight is 284 g/mol. The van der Waals surface area contributed by atoms with Crippen LogP contribution in [0.5, 0.6) is 0 Å². The summed E-state index contributed by atoms with van der Waals surface area (Å²) >= 11 is 0. The van der Waals surface area contributed by atoms with Crippen LogP contribution in [0, 0.1) is 0 Å². The summed E-state index contributed by atoms with van der Waals surface area (Å²) in [4.78, 5) is 29.8. The number of ether oxygens (including phenoxy) is 1. The summed E-state index contributed by atoms with van der Waals surface area (Å²) < 4.78 is 5.45. The van der Waals surface area contributed by atoms with Crippen molar-refractivity contribution in [2.24, 2.45) is 5.73 Å². The van der Waals surface area contributed by atoms with Gasteiger partial charge in [0.15, 0.2) is 0 Å². The Hall–Kier alpha value is -1.18. The molecule has 0 spiro atoms. The van der Waals surface area contributed by atoms with Crippen LogP contribution in [-0.4, -0.2) is 91.6 Å². The van der Waals surface area contributed by atoms with E-state index < -0.39 is 11.9 Å². The molecular formula is C13H24N4O3. The van der Waals surface area contributed by atoms with E-state index >= 15 is 0 Å². The average Bonchev–Trinajstić information content (AvgIpc) is 2.39. The largest absolute Gasteiger partial charge is 0.375 e. The molecule has 2 N–H and O–H groups in total. The van der Waals surface area contributed by atoms with E-state index in [2.05, 4.69) is 11.9 Å². The first-order chi connectivity index (χ1) is 9.49. The zero-order valence-electron chi connectivity index (χ0n) is 12.2. The van der Waals surface area contributed by atoms with E-state index in [1.54, 1.807) is 0 Å². The molecule has 7 heteroatoms. The van der Waals surface area contributed by atoms with E-state index in [1.807, 2.05) is 16.7 Å². The maximum Gasteiger partial charge on any atom is 0.237 e. The highest BCUT2D eigenvalue weighted by molar-refractivity contribution is 5.83. The van der Waals surface area contributed by atoms with Crippen LogP contribution in [-0.2, 0) is 14.3 Å². The second kappa shape index (κ2) is 6.51. The monoisotopic (exact) mass is 284 g/mol. The van der Waals surface area contributed by atoms with Crippen LogP contribution >= 0.6 is 0 Å². The van der Waals surface area contributed by atoms with E-state index in [0.29, 0.717) is 13.2 Å². The summed E-state index contributed by atoms with van der Waals surface area (Å²) in [5.74, 6) is -0.359. The Kier molecular flexibility index (Phi) is 4.95. The van der Waals surface area contributed by atoms with Crippen LogP contribution in [0.4, 0.5) is 0 Å². The summed E-state index contributed by atoms with van der Waals surface area (Å²) in [6.45, 7) is 6.44. The molecule has 2 heterocycles. The highest BCUT2D eigenvalue weighted by Gasteiger charge is 2.35. The van der Waals surface area contributed by atoms with Crippen molar-refractivity contribution in [1.82, 2.24) is 14.7 Å². The van der Waals surface area contributed by atoms with E-state index in [-0.39, 0.29) is 18.6 Å². The molecular weight excluding hydrogens is 260 g/mol. The molecule has 0 aliphatic carbocycles. The molecule has 2 saturated heterocycles. The summed E-state index contributed by atoms with van der Waals surface area (Å²) in [6.07, 6.45) is -0.262. The minimum atomic E-state index is -0.514. The molecule has 114 valence electrons. The Labute approximate surface area is 119 Å². The van der Waals surface area contributed by atoms with Crippen LogP contribution in [0.1, 0.15) is 6.92 Å². The van der Waals surface area contributed by atoms with Gasteiger partial charge in [-0.15, -0.1) is 0 Å². The van der Waals surface area contributed by atoms with E-state index in [1.165, 1.54) is 0 Å². The number of nitrogens with two attached hydrogens (primary N) is 1. The number of carbonyl (C=O) groups is 2. The highest BCUT2D eigenvalue weighted by atomic mass is 16.5. The minimum Gasteiger partial charge on any atom is -0.375 e. The van der Waals surface area contributed by atoms with Crippen LogP contribution in [0.25, 0.3) is 0 Å². The predicted octanol–water partition coefficient (Wildman–Crippen LogP) is -1.66. The molecule has 0 unspecified atom stereocenters. The fraction of sp³-hybridized carbons (Fsp3) is 0.846. The molecule has 2 atom stereocenters. The summed E-state index contributed by atoms with van der Waals surface area (Å²) in [7, 11) is 2.05. The molecule has 7 nitrogen and oxygen atoms in total. The van der Waals surface area contributed by atoms with Crippen LogP contribution in [0.2, 0.25) is 0 Å². The maximum atomic E-state index is 12.3. The minimum absolute atomic E-state index is 0.0680. The van der Waals surface area contributed by atoms with Crippen molar-refractivity contribution < 1.29 is 14.3 Å². The van der Waals surface area contributed by atoms with Gasteiger partial charge in [0.2, 0.25) is 11.8 Å². The number of nitrogens with zero attached hydrogens (tertiary/aromatic N) is 3. The Morgan fingerprint density at radius 3 is 2.45 bits per heavy atom. The standard InChI is InChI=1S/C13H24N4O3/c1-10-12(13(14)19)17(7-8-20-10)9-11(18)16-5-3-15(2)4-6-16/h10,12H,3-9H2,1-2H3,(H2,14,19)/t10-,12+/m1/s1. The SMILES string of the molecule is C[C@H]1OCCN(CC(=O)N2CCN(C)CC2)[C@@H]1C(N)=O. The number of hydrogen-bond acceptors (Lipinski definition) is 5. The third kappa shape index (κ3) is 3.47. The predicted molar refractivity (Wildman–Crippen MR) is 74.0 cm³/mol. The van der Waals surface area contributed by atoms with Gasteiger partial charge in [-0.3, -0.25) is 14.5 Å². The van der Waals surface area contributed by atoms with Crippen molar-refractivity contribution in [2.45, 2.75) is 19.1 Å². The van der Waals surface area contributed by atoms with Gasteiger partial charge in [-0.05, 0) is 14.0 Å². The van der Waals surface area contributed by atoms with Gasteiger partial charge in [0.25, 0.3) is 0 Å². The fourth-order valence-electron chi connectivity index (χ4n) is 2.80. The lowest BCUT2D eigenvalue weighted by atomic mass is 10.1. The first-order valence-corrected chi connectivity index (χ1v) is 7.10. The van der Waals surface area contributed by atoms with Gasteiger partial charge in [-0.1, -0.05) is 0 Å². The Morgan fingerprint density at radius 1 is 1.20 bits per heavy atom. The number of rotatable bonds is 3. The lowest BCUT2D eigenvalue weighted by Crippen LogP contribution is -2.59. The van der Waals surface area contributed by atoms with E-state index in [0.717, 1.165) is 26.2 Å². The zero-order chi connectivity index (χ0) is 14.7. The van der Waals surface area contributed by atoms with Gasteiger partial charge >= 0.3 is 0 Å². The molecule has 0 saturated carbocycles. The highest BCUT2D eigenvalue weighted by Crippen LogP contribution is 2.14. The van der Waals surface area contributed by atoms with Gasteiger partial charge in [-0.25, -0.2) is 0 Å². The van der Waals surface area contributed by atoms with Gasteiger partial charge in [0, 0.05) is 32.7 Å². The quantitative estimate of drug-likeness (QED) is 0.671. The Balaban J connectivity index is 1.93. The number of likely N-dealkylation sites (N-methyl/N-ethyl adjacent to an activating group) is 1. The first-order valence-electron chi connectivity index (χ1n) is 7.10. The summed E-state index contributed by atoms with van der Waals surface area (Å²) in [5, 5.41) is 0. The third-order valence-electron chi connectivity index (χ3n) is 4.08. The lowest BCUT2D eigenvalue weighted by molar-refractivity contribution is -0.144. The molecule has 0 aromatic rings. The normalized spacial score (nSPS) is 29.4. The van der Waals surface area contributed by atoms with Crippen LogP contribution in [0.3, 0.4) is 0 Å². The molecule has 20 heavy (non-hydrogen) atoms. The van der Waals surface area contributed by atoms with E-state index in [4.69, 9.17) is 10.5 Å². The van der Waals surface area contributed by atoms with Crippen molar-refractivity contribution in [3.63, 3.8) is 0 Å². The topological polar surface area (TPSA) is 79.1 Å². The Morgan fingerprint density at radius 2 is 1.85 bits per heavy atom. The Bertz CT molecular complexity index is 369. The fourth-order valence-corrected chi connectivity index (χ4v) is 2.80. The van der Waals surface area contributed by atoms with Crippen molar-refractivity contribution in [3.05, 3.63) is 0 Å². The molecule has 0 radical (unpaired) electrons. The van der Waals surface area contributed by atoms with Gasteiger partial charge in [0.1, 0.15) is 6.04 Å². The number of morpholine rings is 1. The van der Waals surface area contributed by atoms with Crippen molar-refractivity contribution >= 4 is 11.8 Å². The summed E-state index contributed by atoms with van der Waals surface area (Å²) in [6, 6.07) is -0.514. The molecule has 0 aromatic heterocycles. The molecule has 2 amide bonds. The second-order valence-electron chi connectivity index (χ2n) is 5.58. The van der Waals surface area contributed by atoms with Crippen molar-refractivity contribution in [2.75, 3.05) is 52.9 Å². The van der Waals surface area contributed by atoms with Gasteiger partial charge in [0.05, 0.1) is 19.3 Å². The number of carbonyl (C=O) groups excluding carboxylic acids is 2. The molecule has 2 fully saturated rings. The molecule has 2 aliphatic heterocycles. The van der Waals surface area contributed by atoms with Crippen LogP contribution in [0.15, 0.2) is 0 Å². The number of hydrogen-bond donors (Lipinski definition) is 1. The molecule has 0 bridgehead atoms. The summed E-state index contributed by atoms with van der Waals surface area (Å²) in [5.41, 5.74) is 5.43. The first kappa shape index (κ1) is 15.2. The second-order valence-corrected chi connectivity index (χ2v) is 5.58. The molecule has 2 rings (SSSR count).